The maximum Gasteiger partial charge on any atom is 0.119 e. The van der Waals surface area contributed by atoms with E-state index >= 15 is 0 Å². The van der Waals surface area contributed by atoms with Gasteiger partial charge in [-0.3, -0.25) is 0 Å². The number of ether oxygens (including phenoxy) is 1. The lowest BCUT2D eigenvalue weighted by atomic mass is 10.0. The van der Waals surface area contributed by atoms with Gasteiger partial charge in [-0.05, 0) is 37.2 Å². The molecule has 0 radical (unpaired) electrons. The van der Waals surface area contributed by atoms with E-state index in [1.54, 1.807) is 18.4 Å². The molecule has 3 nitrogen and oxygen atoms in total. The molecule has 0 aliphatic heterocycles. The van der Waals surface area contributed by atoms with Crippen molar-refractivity contribution in [3.05, 3.63) is 44.3 Å². The third-order valence-corrected chi connectivity index (χ3v) is 4.65. The highest BCUT2D eigenvalue weighted by atomic mass is 79.9. The molecule has 2 aromatic rings. The maximum atomic E-state index is 5.33. The summed E-state index contributed by atoms with van der Waals surface area (Å²) in [5.74, 6) is 0.876. The Morgan fingerprint density at radius 2 is 2.25 bits per heavy atom. The Labute approximate surface area is 132 Å². The van der Waals surface area contributed by atoms with Gasteiger partial charge in [0.05, 0.1) is 17.8 Å². The summed E-state index contributed by atoms with van der Waals surface area (Å²) in [7, 11) is 1.69. The van der Waals surface area contributed by atoms with Crippen LogP contribution in [-0.2, 0) is 6.42 Å². The van der Waals surface area contributed by atoms with Crippen LogP contribution in [0.2, 0.25) is 0 Å². The van der Waals surface area contributed by atoms with E-state index < -0.39 is 0 Å². The lowest BCUT2D eigenvalue weighted by Crippen LogP contribution is -2.23. The Hall–Kier alpha value is -0.910. The van der Waals surface area contributed by atoms with E-state index in [0.717, 1.165) is 33.9 Å². The molecule has 0 bridgehead atoms. The van der Waals surface area contributed by atoms with Crippen LogP contribution in [0.25, 0.3) is 0 Å². The number of benzene rings is 1. The molecule has 2 rings (SSSR count). The highest BCUT2D eigenvalue weighted by molar-refractivity contribution is 9.10. The minimum absolute atomic E-state index is 0.228. The lowest BCUT2D eigenvalue weighted by Gasteiger charge is -2.19. The van der Waals surface area contributed by atoms with Crippen molar-refractivity contribution in [3.8, 4) is 5.75 Å². The quantitative estimate of drug-likeness (QED) is 0.847. The number of halogens is 1. The zero-order valence-corrected chi connectivity index (χ0v) is 14.3. The van der Waals surface area contributed by atoms with Crippen molar-refractivity contribution in [2.24, 2.45) is 0 Å². The van der Waals surface area contributed by atoms with Gasteiger partial charge in [0.1, 0.15) is 5.75 Å². The Bertz CT molecular complexity index is 571. The summed E-state index contributed by atoms with van der Waals surface area (Å²) in [6.45, 7) is 5.07. The van der Waals surface area contributed by atoms with Gasteiger partial charge in [-0.25, -0.2) is 4.98 Å². The Morgan fingerprint density at radius 3 is 2.85 bits per heavy atom. The van der Waals surface area contributed by atoms with Gasteiger partial charge < -0.3 is 10.1 Å². The summed E-state index contributed by atoms with van der Waals surface area (Å²) < 4.78 is 6.42. The summed E-state index contributed by atoms with van der Waals surface area (Å²) in [6, 6.07) is 6.30. The molecular formula is C15H19BrN2OS. The number of rotatable bonds is 6. The molecule has 20 heavy (non-hydrogen) atoms. The van der Waals surface area contributed by atoms with Crippen LogP contribution < -0.4 is 10.1 Å². The highest BCUT2D eigenvalue weighted by Gasteiger charge is 2.16. The Morgan fingerprint density at radius 1 is 1.45 bits per heavy atom. The number of nitrogens with one attached hydrogen (secondary N) is 1. The number of likely N-dealkylation sites (N-methyl/N-ethyl adjacent to an activating group) is 1. The summed E-state index contributed by atoms with van der Waals surface area (Å²) in [5, 5.41) is 6.77. The molecular weight excluding hydrogens is 336 g/mol. The summed E-state index contributed by atoms with van der Waals surface area (Å²) in [6.07, 6.45) is 0.879. The summed E-state index contributed by atoms with van der Waals surface area (Å²) in [5.41, 5.74) is 2.34. The lowest BCUT2D eigenvalue weighted by molar-refractivity contribution is 0.412. The summed E-state index contributed by atoms with van der Waals surface area (Å²) >= 11 is 5.33. The first-order valence-electron chi connectivity index (χ1n) is 6.61. The minimum atomic E-state index is 0.228. The van der Waals surface area contributed by atoms with Gasteiger partial charge in [0, 0.05) is 22.3 Å². The number of nitrogens with zero attached hydrogens (tertiary/aromatic N) is 1. The highest BCUT2D eigenvalue weighted by Crippen LogP contribution is 2.30. The van der Waals surface area contributed by atoms with Gasteiger partial charge in [-0.1, -0.05) is 22.9 Å². The zero-order chi connectivity index (χ0) is 14.5. The average molecular weight is 355 g/mol. The van der Waals surface area contributed by atoms with Crippen molar-refractivity contribution < 1.29 is 4.74 Å². The second kappa shape index (κ2) is 7.20. The normalized spacial score (nSPS) is 12.4. The topological polar surface area (TPSA) is 34.2 Å². The zero-order valence-electron chi connectivity index (χ0n) is 11.9. The standard InChI is InChI=1S/C15H19BrN2OS/c1-4-17-15(7-11-9-20-10(2)18-11)13-8-12(19-3)5-6-14(13)16/h5-6,8-9,15,17H,4,7H2,1-3H3. The van der Waals surface area contributed by atoms with Crippen molar-refractivity contribution in [2.75, 3.05) is 13.7 Å². The van der Waals surface area contributed by atoms with Crippen LogP contribution in [0.15, 0.2) is 28.1 Å². The molecule has 0 saturated heterocycles. The predicted molar refractivity (Wildman–Crippen MR) is 87.7 cm³/mol. The molecule has 0 fully saturated rings. The molecule has 1 unspecified atom stereocenters. The molecule has 1 atom stereocenters. The molecule has 1 aromatic carbocycles. The van der Waals surface area contributed by atoms with Crippen LogP contribution in [0.3, 0.4) is 0 Å². The van der Waals surface area contributed by atoms with Gasteiger partial charge in [0.15, 0.2) is 0 Å². The Kier molecular flexibility index (Phi) is 5.57. The molecule has 1 aromatic heterocycles. The van der Waals surface area contributed by atoms with Crippen LogP contribution in [0.1, 0.15) is 29.2 Å². The number of aromatic nitrogens is 1. The first-order valence-corrected chi connectivity index (χ1v) is 8.29. The first kappa shape index (κ1) is 15.5. The predicted octanol–water partition coefficient (Wildman–Crippen LogP) is 4.12. The van der Waals surface area contributed by atoms with E-state index in [4.69, 9.17) is 4.74 Å². The molecule has 0 spiro atoms. The number of aryl methyl sites for hydroxylation is 1. The van der Waals surface area contributed by atoms with E-state index in [2.05, 4.69) is 44.6 Å². The van der Waals surface area contributed by atoms with Gasteiger partial charge >= 0.3 is 0 Å². The molecule has 1 N–H and O–H groups in total. The molecule has 0 amide bonds. The SMILES string of the molecule is CCNC(Cc1csc(C)n1)c1cc(OC)ccc1Br. The maximum absolute atomic E-state index is 5.33. The third-order valence-electron chi connectivity index (χ3n) is 3.11. The van der Waals surface area contributed by atoms with Gasteiger partial charge in [-0.15, -0.1) is 11.3 Å². The minimum Gasteiger partial charge on any atom is -0.497 e. The van der Waals surface area contributed by atoms with Crippen molar-refractivity contribution >= 4 is 27.3 Å². The van der Waals surface area contributed by atoms with Crippen molar-refractivity contribution in [1.29, 1.82) is 0 Å². The molecule has 108 valence electrons. The second-order valence-electron chi connectivity index (χ2n) is 4.56. The first-order chi connectivity index (χ1) is 9.63. The molecule has 1 heterocycles. The Balaban J connectivity index is 2.27. The van der Waals surface area contributed by atoms with E-state index in [1.807, 2.05) is 19.1 Å². The van der Waals surface area contributed by atoms with Crippen LogP contribution >= 0.6 is 27.3 Å². The van der Waals surface area contributed by atoms with Crippen molar-refractivity contribution in [2.45, 2.75) is 26.3 Å². The fraction of sp³-hybridized carbons (Fsp3) is 0.400. The van der Waals surface area contributed by atoms with E-state index in [-0.39, 0.29) is 6.04 Å². The molecule has 0 aliphatic rings. The van der Waals surface area contributed by atoms with Gasteiger partial charge in [0.25, 0.3) is 0 Å². The molecule has 0 saturated carbocycles. The van der Waals surface area contributed by atoms with Crippen LogP contribution in [0, 0.1) is 6.92 Å². The summed E-state index contributed by atoms with van der Waals surface area (Å²) in [4.78, 5) is 4.56. The fourth-order valence-corrected chi connectivity index (χ4v) is 3.31. The number of hydrogen-bond acceptors (Lipinski definition) is 4. The fourth-order valence-electron chi connectivity index (χ4n) is 2.17. The number of thiazole rings is 1. The van der Waals surface area contributed by atoms with E-state index in [9.17, 15) is 0 Å². The molecule has 5 heteroatoms. The van der Waals surface area contributed by atoms with Crippen LogP contribution in [0.5, 0.6) is 5.75 Å². The van der Waals surface area contributed by atoms with Crippen LogP contribution in [0.4, 0.5) is 0 Å². The molecule has 0 aliphatic carbocycles. The van der Waals surface area contributed by atoms with Crippen molar-refractivity contribution in [3.63, 3.8) is 0 Å². The van der Waals surface area contributed by atoms with Gasteiger partial charge in [0.2, 0.25) is 0 Å². The largest absolute Gasteiger partial charge is 0.497 e. The van der Waals surface area contributed by atoms with Gasteiger partial charge in [-0.2, -0.15) is 0 Å². The third kappa shape index (κ3) is 3.81. The monoisotopic (exact) mass is 354 g/mol. The number of methoxy groups -OCH3 is 1. The average Bonchev–Trinajstić information content (AvgIpc) is 2.84. The van der Waals surface area contributed by atoms with E-state index in [0.29, 0.717) is 0 Å². The van der Waals surface area contributed by atoms with Crippen molar-refractivity contribution in [1.82, 2.24) is 10.3 Å². The number of hydrogen-bond donors (Lipinski definition) is 1. The van der Waals surface area contributed by atoms with E-state index in [1.165, 1.54) is 5.56 Å². The second-order valence-corrected chi connectivity index (χ2v) is 6.48. The van der Waals surface area contributed by atoms with Crippen LogP contribution in [-0.4, -0.2) is 18.6 Å². The smallest absolute Gasteiger partial charge is 0.119 e.